The molecule has 6 heteroatoms. The average Bonchev–Trinajstić information content (AvgIpc) is 2.62. The van der Waals surface area contributed by atoms with Gasteiger partial charge in [0.1, 0.15) is 6.04 Å². The molecule has 0 N–H and O–H groups in total. The van der Waals surface area contributed by atoms with E-state index in [0.29, 0.717) is 0 Å². The monoisotopic (exact) mass is 229 g/mol. The molecule has 2 aliphatic heterocycles. The summed E-state index contributed by atoms with van der Waals surface area (Å²) in [6.45, 7) is 0.902. The van der Waals surface area contributed by atoms with Gasteiger partial charge in [0, 0.05) is 19.4 Å². The fourth-order valence-corrected chi connectivity index (χ4v) is 2.92. The number of methoxy groups -OCH3 is 1. The summed E-state index contributed by atoms with van der Waals surface area (Å²) >= 11 is 1.62. The van der Waals surface area contributed by atoms with Crippen molar-refractivity contribution in [1.82, 2.24) is 9.80 Å². The molecule has 2 unspecified atom stereocenters. The number of rotatable bonds is 2. The summed E-state index contributed by atoms with van der Waals surface area (Å²) < 4.78 is 5.42. The van der Waals surface area contributed by atoms with Gasteiger partial charge in [-0.3, -0.25) is 9.69 Å². The van der Waals surface area contributed by atoms with Gasteiger partial charge in [0.25, 0.3) is 5.91 Å². The summed E-state index contributed by atoms with van der Waals surface area (Å²) in [4.78, 5) is 19.8. The summed E-state index contributed by atoms with van der Waals surface area (Å²) in [6.07, 6.45) is -0.199. The molecule has 0 aliphatic carbocycles. The van der Waals surface area contributed by atoms with Gasteiger partial charge in [-0.15, -0.1) is 0 Å². The quantitative estimate of drug-likeness (QED) is 0.658. The van der Waals surface area contributed by atoms with E-state index in [-0.39, 0.29) is 18.2 Å². The number of hydrogen-bond donors (Lipinski definition) is 0. The molecule has 0 radical (unpaired) electrons. The molecule has 84 valence electrons. The molecule has 0 saturated carbocycles. The zero-order valence-electron chi connectivity index (χ0n) is 9.14. The Morgan fingerprint density at radius 1 is 1.60 bits per heavy atom. The molecule has 1 fully saturated rings. The predicted molar refractivity (Wildman–Crippen MR) is 59.9 cm³/mol. The summed E-state index contributed by atoms with van der Waals surface area (Å²) in [5.74, 6) is 0.874. The maximum atomic E-state index is 11.8. The fraction of sp³-hybridized carbons (Fsp3) is 0.778. The molecule has 5 nitrogen and oxygen atoms in total. The van der Waals surface area contributed by atoms with Crippen LogP contribution in [-0.4, -0.2) is 66.6 Å². The Kier molecular flexibility index (Phi) is 2.99. The van der Waals surface area contributed by atoms with E-state index < -0.39 is 0 Å². The summed E-state index contributed by atoms with van der Waals surface area (Å²) in [7, 11) is 5.39. The van der Waals surface area contributed by atoms with Crippen LogP contribution in [0.5, 0.6) is 0 Å². The summed E-state index contributed by atoms with van der Waals surface area (Å²) in [5.41, 5.74) is 0. The van der Waals surface area contributed by atoms with Gasteiger partial charge in [0.05, 0.1) is 0 Å². The Morgan fingerprint density at radius 2 is 2.33 bits per heavy atom. The zero-order chi connectivity index (χ0) is 11.0. The summed E-state index contributed by atoms with van der Waals surface area (Å²) in [5, 5.41) is 0.810. The topological polar surface area (TPSA) is 45.1 Å². The van der Waals surface area contributed by atoms with Crippen LogP contribution >= 0.6 is 11.8 Å². The van der Waals surface area contributed by atoms with Crippen LogP contribution in [0.1, 0.15) is 0 Å². The van der Waals surface area contributed by atoms with Crippen molar-refractivity contribution in [2.75, 3.05) is 33.5 Å². The van der Waals surface area contributed by atoms with Crippen LogP contribution in [0.15, 0.2) is 4.99 Å². The van der Waals surface area contributed by atoms with Crippen molar-refractivity contribution in [3.05, 3.63) is 0 Å². The highest BCUT2D eigenvalue weighted by Gasteiger charge is 2.42. The van der Waals surface area contributed by atoms with Crippen LogP contribution < -0.4 is 0 Å². The third kappa shape index (κ3) is 1.77. The molecule has 1 saturated heterocycles. The fourth-order valence-electron chi connectivity index (χ4n) is 1.93. The third-order valence-electron chi connectivity index (χ3n) is 2.64. The molecular weight excluding hydrogens is 214 g/mol. The second-order valence-corrected chi connectivity index (χ2v) is 4.87. The van der Waals surface area contributed by atoms with Crippen molar-refractivity contribution >= 4 is 22.8 Å². The van der Waals surface area contributed by atoms with E-state index in [1.54, 1.807) is 18.9 Å². The van der Waals surface area contributed by atoms with E-state index in [2.05, 4.69) is 9.89 Å². The standard InChI is InChI=1S/C9H15N3O2S/c1-11(2)6-7(13)10-9-12(4-5-15-9)8(6)14-3/h6,8H,4-5H2,1-3H3. The van der Waals surface area contributed by atoms with Gasteiger partial charge >= 0.3 is 0 Å². The zero-order valence-corrected chi connectivity index (χ0v) is 9.95. The molecule has 2 atom stereocenters. The first-order chi connectivity index (χ1) is 7.15. The molecule has 0 aromatic rings. The first kappa shape index (κ1) is 10.9. The number of nitrogens with zero attached hydrogens (tertiary/aromatic N) is 3. The third-order valence-corrected chi connectivity index (χ3v) is 3.61. The largest absolute Gasteiger partial charge is 0.359 e. The second kappa shape index (κ2) is 4.11. The Hall–Kier alpha value is -0.590. The maximum absolute atomic E-state index is 11.8. The van der Waals surface area contributed by atoms with Crippen LogP contribution in [-0.2, 0) is 9.53 Å². The number of fused-ring (bicyclic) bond motifs is 1. The number of hydrogen-bond acceptors (Lipinski definition) is 5. The normalized spacial score (nSPS) is 30.8. The van der Waals surface area contributed by atoms with Gasteiger partial charge in [0.15, 0.2) is 11.4 Å². The van der Waals surface area contributed by atoms with Gasteiger partial charge in [-0.1, -0.05) is 11.8 Å². The Morgan fingerprint density at radius 3 is 2.93 bits per heavy atom. The van der Waals surface area contributed by atoms with E-state index in [0.717, 1.165) is 17.5 Å². The maximum Gasteiger partial charge on any atom is 0.270 e. The lowest BCUT2D eigenvalue weighted by atomic mass is 10.2. The van der Waals surface area contributed by atoms with Crippen LogP contribution in [0, 0.1) is 0 Å². The number of amides is 1. The number of thioether (sulfide) groups is 1. The molecule has 2 rings (SSSR count). The van der Waals surface area contributed by atoms with Crippen LogP contribution in [0.25, 0.3) is 0 Å². The highest BCUT2D eigenvalue weighted by atomic mass is 32.2. The van der Waals surface area contributed by atoms with Crippen molar-refractivity contribution in [3.8, 4) is 0 Å². The van der Waals surface area contributed by atoms with Crippen LogP contribution in [0.2, 0.25) is 0 Å². The van der Waals surface area contributed by atoms with E-state index in [9.17, 15) is 4.79 Å². The smallest absolute Gasteiger partial charge is 0.270 e. The molecule has 15 heavy (non-hydrogen) atoms. The van der Waals surface area contributed by atoms with Gasteiger partial charge < -0.3 is 9.64 Å². The SMILES string of the molecule is COC1C(N(C)C)C(=O)N=C2SCCN21. The lowest BCUT2D eigenvalue weighted by Crippen LogP contribution is -2.57. The Bertz CT molecular complexity index is 306. The lowest BCUT2D eigenvalue weighted by Gasteiger charge is -2.38. The average molecular weight is 229 g/mol. The van der Waals surface area contributed by atoms with Crippen molar-refractivity contribution in [3.63, 3.8) is 0 Å². The molecule has 0 spiro atoms. The lowest BCUT2D eigenvalue weighted by molar-refractivity contribution is -0.134. The van der Waals surface area contributed by atoms with Crippen molar-refractivity contribution in [1.29, 1.82) is 0 Å². The minimum atomic E-state index is -0.294. The van der Waals surface area contributed by atoms with E-state index in [1.165, 1.54) is 0 Å². The van der Waals surface area contributed by atoms with E-state index in [1.807, 2.05) is 19.0 Å². The number of carbonyl (C=O) groups excluding carboxylic acids is 1. The number of ether oxygens (including phenoxy) is 1. The van der Waals surface area contributed by atoms with Gasteiger partial charge in [-0.2, -0.15) is 4.99 Å². The second-order valence-electron chi connectivity index (χ2n) is 3.81. The minimum absolute atomic E-state index is 0.104. The van der Waals surface area contributed by atoms with Crippen LogP contribution in [0.3, 0.4) is 0 Å². The van der Waals surface area contributed by atoms with Gasteiger partial charge in [0.2, 0.25) is 0 Å². The molecule has 2 heterocycles. The minimum Gasteiger partial charge on any atom is -0.359 e. The van der Waals surface area contributed by atoms with E-state index >= 15 is 0 Å². The number of carbonyl (C=O) groups is 1. The molecule has 1 amide bonds. The highest BCUT2D eigenvalue weighted by molar-refractivity contribution is 8.14. The number of amidine groups is 1. The molecule has 2 aliphatic rings. The van der Waals surface area contributed by atoms with E-state index in [4.69, 9.17) is 4.74 Å². The first-order valence-corrected chi connectivity index (χ1v) is 5.85. The van der Waals surface area contributed by atoms with Crippen molar-refractivity contribution < 1.29 is 9.53 Å². The molecule has 0 aromatic carbocycles. The predicted octanol–water partition coefficient (Wildman–Crippen LogP) is -0.166. The molecular formula is C9H15N3O2S. The summed E-state index contributed by atoms with van der Waals surface area (Å²) in [6, 6.07) is -0.294. The van der Waals surface area contributed by atoms with Crippen LogP contribution in [0.4, 0.5) is 0 Å². The van der Waals surface area contributed by atoms with Crippen molar-refractivity contribution in [2.45, 2.75) is 12.3 Å². The highest BCUT2D eigenvalue weighted by Crippen LogP contribution is 2.27. The Balaban J connectivity index is 2.31. The van der Waals surface area contributed by atoms with Crippen molar-refractivity contribution in [2.24, 2.45) is 4.99 Å². The number of aliphatic imine (C=N–C) groups is 1. The van der Waals surface area contributed by atoms with Gasteiger partial charge in [-0.05, 0) is 14.1 Å². The number of likely N-dealkylation sites (N-methyl/N-ethyl adjacent to an activating group) is 1. The molecule has 0 bridgehead atoms. The Labute approximate surface area is 93.5 Å². The first-order valence-electron chi connectivity index (χ1n) is 4.86. The van der Waals surface area contributed by atoms with Gasteiger partial charge in [-0.25, -0.2) is 0 Å². The molecule has 0 aromatic heterocycles.